The Balaban J connectivity index is 0.00000261. The number of guanidine groups is 1. The molecule has 0 unspecified atom stereocenters. The average Bonchev–Trinajstić information content (AvgIpc) is 3.22. The van der Waals surface area contributed by atoms with Crippen molar-refractivity contribution in [2.45, 2.75) is 46.7 Å². The highest BCUT2D eigenvalue weighted by atomic mass is 127. The van der Waals surface area contributed by atoms with Crippen LogP contribution < -0.4 is 10.6 Å². The van der Waals surface area contributed by atoms with Crippen molar-refractivity contribution in [3.05, 3.63) is 52.6 Å². The molecule has 2 aromatic heterocycles. The summed E-state index contributed by atoms with van der Waals surface area (Å²) in [5, 5.41) is 12.0. The van der Waals surface area contributed by atoms with E-state index in [1.165, 1.54) is 0 Å². The number of halogens is 1. The molecule has 0 aliphatic rings. The molecule has 6 nitrogen and oxygen atoms in total. The summed E-state index contributed by atoms with van der Waals surface area (Å²) >= 11 is 0. The number of nitrogens with zero attached hydrogens (tertiary/aromatic N) is 2. The zero-order valence-corrected chi connectivity index (χ0v) is 18.6. The van der Waals surface area contributed by atoms with Gasteiger partial charge >= 0.3 is 0 Å². The molecule has 0 atom stereocenters. The van der Waals surface area contributed by atoms with Crippen LogP contribution in [0, 0.1) is 6.92 Å². The van der Waals surface area contributed by atoms with Crippen LogP contribution in [-0.2, 0) is 25.9 Å². The molecule has 0 aliphatic heterocycles. The largest absolute Gasteiger partial charge is 0.459 e. The minimum Gasteiger partial charge on any atom is -0.459 e. The van der Waals surface area contributed by atoms with E-state index >= 15 is 0 Å². The predicted octanol–water partition coefficient (Wildman–Crippen LogP) is 4.34. The first kappa shape index (κ1) is 21.3. The molecule has 0 amide bonds. The van der Waals surface area contributed by atoms with E-state index in [0.29, 0.717) is 13.1 Å². The number of fused-ring (bicyclic) bond motifs is 1. The molecule has 0 spiro atoms. The fourth-order valence-corrected chi connectivity index (χ4v) is 3.09. The van der Waals surface area contributed by atoms with Gasteiger partial charge in [0.2, 0.25) is 0 Å². The summed E-state index contributed by atoms with van der Waals surface area (Å²) < 4.78 is 11.4. The molecule has 146 valence electrons. The summed E-state index contributed by atoms with van der Waals surface area (Å²) in [6, 6.07) is 8.08. The smallest absolute Gasteiger partial charge is 0.191 e. The summed E-state index contributed by atoms with van der Waals surface area (Å²) in [7, 11) is 1.76. The number of benzene rings is 1. The van der Waals surface area contributed by atoms with E-state index in [2.05, 4.69) is 47.6 Å². The lowest BCUT2D eigenvalue weighted by Gasteiger charge is -2.11. The molecule has 2 heterocycles. The quantitative estimate of drug-likeness (QED) is 0.311. The number of aromatic nitrogens is 1. The topological polar surface area (TPSA) is 75.6 Å². The van der Waals surface area contributed by atoms with Gasteiger partial charge in [0.25, 0.3) is 0 Å². The second-order valence-electron chi connectivity index (χ2n) is 6.16. The molecule has 1 aromatic carbocycles. The Bertz CT molecular complexity index is 892. The van der Waals surface area contributed by atoms with Crippen molar-refractivity contribution in [2.75, 3.05) is 7.05 Å². The van der Waals surface area contributed by atoms with Crippen LogP contribution in [0.3, 0.4) is 0 Å². The number of rotatable bonds is 6. The van der Waals surface area contributed by atoms with Crippen LogP contribution in [0.4, 0.5) is 0 Å². The molecule has 0 radical (unpaired) electrons. The van der Waals surface area contributed by atoms with Gasteiger partial charge in [0.1, 0.15) is 17.1 Å². The van der Waals surface area contributed by atoms with Gasteiger partial charge in [-0.3, -0.25) is 4.99 Å². The number of aryl methyl sites for hydroxylation is 3. The fourth-order valence-electron chi connectivity index (χ4n) is 3.09. The molecule has 0 fully saturated rings. The van der Waals surface area contributed by atoms with Crippen LogP contribution in [0.15, 0.2) is 38.2 Å². The number of aliphatic imine (C=N–C) groups is 1. The van der Waals surface area contributed by atoms with E-state index in [-0.39, 0.29) is 24.0 Å². The van der Waals surface area contributed by atoms with E-state index in [9.17, 15) is 0 Å². The Morgan fingerprint density at radius 1 is 1.07 bits per heavy atom. The third kappa shape index (κ3) is 4.63. The van der Waals surface area contributed by atoms with Crippen molar-refractivity contribution in [3.8, 4) is 0 Å². The number of hydrogen-bond acceptors (Lipinski definition) is 4. The van der Waals surface area contributed by atoms with Crippen LogP contribution in [0.1, 0.15) is 42.2 Å². The monoisotopic (exact) mass is 482 g/mol. The average molecular weight is 482 g/mol. The third-order valence-corrected chi connectivity index (χ3v) is 4.62. The fraction of sp³-hybridized carbons (Fsp3) is 0.400. The number of para-hydroxylation sites is 1. The number of furan rings is 1. The maximum absolute atomic E-state index is 5.95. The van der Waals surface area contributed by atoms with Gasteiger partial charge in [0.05, 0.1) is 12.2 Å². The van der Waals surface area contributed by atoms with Gasteiger partial charge in [-0.2, -0.15) is 0 Å². The Hall–Kier alpha value is -2.03. The molecule has 0 bridgehead atoms. The molecule has 2 N–H and O–H groups in total. The second-order valence-corrected chi connectivity index (χ2v) is 6.16. The number of hydrogen-bond donors (Lipinski definition) is 2. The second kappa shape index (κ2) is 9.77. The maximum Gasteiger partial charge on any atom is 0.191 e. The van der Waals surface area contributed by atoms with Crippen molar-refractivity contribution in [2.24, 2.45) is 4.99 Å². The molecular weight excluding hydrogens is 455 g/mol. The summed E-state index contributed by atoms with van der Waals surface area (Å²) in [6.07, 6.45) is 1.68. The van der Waals surface area contributed by atoms with Crippen molar-refractivity contribution in [1.82, 2.24) is 15.8 Å². The molecule has 7 heteroatoms. The minimum absolute atomic E-state index is 0. The van der Waals surface area contributed by atoms with Crippen molar-refractivity contribution in [1.29, 1.82) is 0 Å². The summed E-state index contributed by atoms with van der Waals surface area (Å²) in [5.74, 6) is 2.57. The lowest BCUT2D eigenvalue weighted by atomic mass is 10.1. The van der Waals surface area contributed by atoms with Crippen LogP contribution in [0.2, 0.25) is 0 Å². The minimum atomic E-state index is 0. The Morgan fingerprint density at radius 2 is 1.81 bits per heavy atom. The zero-order valence-electron chi connectivity index (χ0n) is 16.3. The van der Waals surface area contributed by atoms with Crippen molar-refractivity contribution in [3.63, 3.8) is 0 Å². The van der Waals surface area contributed by atoms with E-state index in [1.54, 1.807) is 7.05 Å². The first-order chi connectivity index (χ1) is 12.7. The highest BCUT2D eigenvalue weighted by Gasteiger charge is 2.14. The molecule has 27 heavy (non-hydrogen) atoms. The maximum atomic E-state index is 5.95. The normalized spacial score (nSPS) is 11.5. The third-order valence-electron chi connectivity index (χ3n) is 4.62. The van der Waals surface area contributed by atoms with Crippen LogP contribution in [0.25, 0.3) is 11.0 Å². The van der Waals surface area contributed by atoms with Gasteiger partial charge in [-0.05, 0) is 19.4 Å². The zero-order chi connectivity index (χ0) is 18.5. The van der Waals surface area contributed by atoms with E-state index in [4.69, 9.17) is 8.94 Å². The van der Waals surface area contributed by atoms with E-state index in [0.717, 1.165) is 58.1 Å². The molecule has 0 saturated heterocycles. The first-order valence-electron chi connectivity index (χ1n) is 9.05. The van der Waals surface area contributed by atoms with Gasteiger partial charge in [-0.1, -0.05) is 37.2 Å². The lowest BCUT2D eigenvalue weighted by Crippen LogP contribution is -2.36. The highest BCUT2D eigenvalue weighted by Crippen LogP contribution is 2.24. The summed E-state index contributed by atoms with van der Waals surface area (Å²) in [6.45, 7) is 7.44. The SMILES string of the molecule is CCc1noc(CC)c1CNC(=NC)NCc1oc2ccccc2c1C.I. The van der Waals surface area contributed by atoms with Gasteiger partial charge in [-0.25, -0.2) is 0 Å². The molecule has 0 aliphatic carbocycles. The van der Waals surface area contributed by atoms with E-state index < -0.39 is 0 Å². The van der Waals surface area contributed by atoms with Crippen LogP contribution in [0.5, 0.6) is 0 Å². The molecule has 0 saturated carbocycles. The van der Waals surface area contributed by atoms with Gasteiger partial charge in [-0.15, -0.1) is 24.0 Å². The van der Waals surface area contributed by atoms with Crippen LogP contribution >= 0.6 is 24.0 Å². The highest BCUT2D eigenvalue weighted by molar-refractivity contribution is 14.0. The predicted molar refractivity (Wildman–Crippen MR) is 119 cm³/mol. The van der Waals surface area contributed by atoms with Crippen molar-refractivity contribution < 1.29 is 8.94 Å². The summed E-state index contributed by atoms with van der Waals surface area (Å²) in [5.41, 5.74) is 4.19. The number of nitrogens with one attached hydrogen (secondary N) is 2. The summed E-state index contributed by atoms with van der Waals surface area (Å²) in [4.78, 5) is 4.30. The Morgan fingerprint density at radius 3 is 2.48 bits per heavy atom. The Labute approximate surface area is 176 Å². The van der Waals surface area contributed by atoms with E-state index in [1.807, 2.05) is 18.2 Å². The first-order valence-corrected chi connectivity index (χ1v) is 9.05. The van der Waals surface area contributed by atoms with Gasteiger partial charge in [0.15, 0.2) is 5.96 Å². The standard InChI is InChI=1S/C20H26N4O2.HI/c1-5-16-15(17(6-2)26-24-16)11-22-20(21-4)23-12-19-13(3)14-9-7-8-10-18(14)25-19;/h7-10H,5-6,11-12H2,1-4H3,(H2,21,22,23);1H. The molecule has 3 aromatic rings. The van der Waals surface area contributed by atoms with Gasteiger partial charge in [0, 0.05) is 36.5 Å². The lowest BCUT2D eigenvalue weighted by molar-refractivity contribution is 0.380. The van der Waals surface area contributed by atoms with Crippen LogP contribution in [-0.4, -0.2) is 18.2 Å². The molecule has 3 rings (SSSR count). The van der Waals surface area contributed by atoms with Gasteiger partial charge < -0.3 is 19.6 Å². The Kier molecular flexibility index (Phi) is 7.70. The van der Waals surface area contributed by atoms with Crippen molar-refractivity contribution >= 4 is 40.9 Å². The molecular formula is C20H27IN4O2.